The molecule has 5 nitrogen and oxygen atoms in total. The van der Waals surface area contributed by atoms with Crippen molar-refractivity contribution in [3.05, 3.63) is 95.8 Å². The minimum absolute atomic E-state index is 0.161. The topological polar surface area (TPSA) is 66.5 Å². The van der Waals surface area contributed by atoms with E-state index < -0.39 is 34.2 Å². The number of amides is 1. The summed E-state index contributed by atoms with van der Waals surface area (Å²) in [7, 11) is -4.33. The highest BCUT2D eigenvalue weighted by Gasteiger charge is 2.33. The molecular formula is C24H22F4N2O3S2. The molecule has 0 saturated carbocycles. The van der Waals surface area contributed by atoms with E-state index in [9.17, 15) is 30.8 Å². The molecule has 3 aromatic rings. The zero-order valence-corrected chi connectivity index (χ0v) is 20.0. The third kappa shape index (κ3) is 7.22. The zero-order chi connectivity index (χ0) is 25.5. The van der Waals surface area contributed by atoms with Gasteiger partial charge >= 0.3 is 6.18 Å². The van der Waals surface area contributed by atoms with E-state index in [0.29, 0.717) is 27.4 Å². The molecular weight excluding hydrogens is 504 g/mol. The summed E-state index contributed by atoms with van der Waals surface area (Å²) in [5, 5.41) is 2.57. The summed E-state index contributed by atoms with van der Waals surface area (Å²) in [6.07, 6.45) is -4.68. The molecule has 0 saturated heterocycles. The van der Waals surface area contributed by atoms with Gasteiger partial charge in [0.25, 0.3) is 10.0 Å². The van der Waals surface area contributed by atoms with Crippen molar-refractivity contribution >= 4 is 33.4 Å². The number of halogens is 4. The Bertz CT molecular complexity index is 1250. The normalized spacial score (nSPS) is 11.8. The van der Waals surface area contributed by atoms with Crippen molar-refractivity contribution < 1.29 is 30.8 Å². The van der Waals surface area contributed by atoms with Gasteiger partial charge in [0.15, 0.2) is 0 Å². The maximum atomic E-state index is 13.7. The first-order valence-electron chi connectivity index (χ1n) is 10.4. The Hall–Kier alpha value is -3.05. The minimum atomic E-state index is -4.68. The van der Waals surface area contributed by atoms with Gasteiger partial charge in [0, 0.05) is 18.1 Å². The van der Waals surface area contributed by atoms with Crippen molar-refractivity contribution in [2.75, 3.05) is 23.1 Å². The van der Waals surface area contributed by atoms with E-state index in [4.69, 9.17) is 0 Å². The molecule has 0 aliphatic rings. The van der Waals surface area contributed by atoms with Gasteiger partial charge in [0.05, 0.1) is 16.1 Å². The van der Waals surface area contributed by atoms with Crippen LogP contribution in [0, 0.1) is 5.82 Å². The number of sulfonamides is 1. The molecule has 186 valence electrons. The Kier molecular flexibility index (Phi) is 8.79. The molecule has 0 aliphatic carbocycles. The van der Waals surface area contributed by atoms with Crippen molar-refractivity contribution in [2.45, 2.75) is 16.8 Å². The lowest BCUT2D eigenvalue weighted by Crippen LogP contribution is -2.41. The standard InChI is InChI=1S/C24H22F4N2O3S2/c25-22-12-5-4-7-18(22)17-34-14-13-29-23(31)16-30(35(32,33)21-10-2-1-3-11-21)20-9-6-8-19(15-20)24(26,27)28/h1-12,15H,13-14,16-17H2,(H,29,31). The zero-order valence-electron chi connectivity index (χ0n) is 18.3. The fraction of sp³-hybridized carbons (Fsp3) is 0.208. The quantitative estimate of drug-likeness (QED) is 0.295. The number of nitrogens with one attached hydrogen (secondary N) is 1. The molecule has 1 amide bonds. The monoisotopic (exact) mass is 526 g/mol. The number of carbonyl (C=O) groups is 1. The second kappa shape index (κ2) is 11.6. The van der Waals surface area contributed by atoms with Gasteiger partial charge in [0.2, 0.25) is 5.91 Å². The Balaban J connectivity index is 1.71. The number of rotatable bonds is 10. The van der Waals surface area contributed by atoms with Gasteiger partial charge in [-0.2, -0.15) is 24.9 Å². The number of carbonyl (C=O) groups excluding carboxylic acids is 1. The molecule has 3 aromatic carbocycles. The van der Waals surface area contributed by atoms with Crippen LogP contribution in [0.15, 0.2) is 83.8 Å². The summed E-state index contributed by atoms with van der Waals surface area (Å²) < 4.78 is 80.4. The first-order chi connectivity index (χ1) is 16.6. The van der Waals surface area contributed by atoms with Gasteiger partial charge in [-0.25, -0.2) is 12.8 Å². The van der Waals surface area contributed by atoms with Crippen LogP contribution in [0.1, 0.15) is 11.1 Å². The Labute approximate surface area is 205 Å². The van der Waals surface area contributed by atoms with Gasteiger partial charge in [-0.3, -0.25) is 9.10 Å². The largest absolute Gasteiger partial charge is 0.416 e. The summed E-state index contributed by atoms with van der Waals surface area (Å²) >= 11 is 1.37. The molecule has 35 heavy (non-hydrogen) atoms. The highest BCUT2D eigenvalue weighted by atomic mass is 32.2. The molecule has 0 fully saturated rings. The average molecular weight is 527 g/mol. The van der Waals surface area contributed by atoms with E-state index in [-0.39, 0.29) is 22.9 Å². The van der Waals surface area contributed by atoms with Crippen molar-refractivity contribution in [2.24, 2.45) is 0 Å². The van der Waals surface area contributed by atoms with Gasteiger partial charge in [-0.1, -0.05) is 42.5 Å². The molecule has 3 rings (SSSR count). The number of benzene rings is 3. The molecule has 0 bridgehead atoms. The molecule has 0 atom stereocenters. The van der Waals surface area contributed by atoms with Crippen molar-refractivity contribution in [3.8, 4) is 0 Å². The lowest BCUT2D eigenvalue weighted by Gasteiger charge is -2.25. The first kappa shape index (κ1) is 26.6. The van der Waals surface area contributed by atoms with Crippen LogP contribution >= 0.6 is 11.8 Å². The summed E-state index contributed by atoms with van der Waals surface area (Å²) in [6.45, 7) is -0.545. The average Bonchev–Trinajstić information content (AvgIpc) is 2.83. The van der Waals surface area contributed by atoms with E-state index in [2.05, 4.69) is 5.32 Å². The van der Waals surface area contributed by atoms with Crippen LogP contribution in [0.25, 0.3) is 0 Å². The maximum absolute atomic E-state index is 13.7. The van der Waals surface area contributed by atoms with Crippen LogP contribution in [0.2, 0.25) is 0 Å². The van der Waals surface area contributed by atoms with Crippen molar-refractivity contribution in [3.63, 3.8) is 0 Å². The third-order valence-electron chi connectivity index (χ3n) is 4.86. The second-order valence-electron chi connectivity index (χ2n) is 7.37. The van der Waals surface area contributed by atoms with E-state index in [1.807, 2.05) is 0 Å². The van der Waals surface area contributed by atoms with Gasteiger partial charge in [-0.05, 0) is 42.0 Å². The molecule has 0 spiro atoms. The fourth-order valence-corrected chi connectivity index (χ4v) is 5.40. The smallest absolute Gasteiger partial charge is 0.354 e. The summed E-state index contributed by atoms with van der Waals surface area (Å²) in [6, 6.07) is 17.3. The predicted molar refractivity (Wildman–Crippen MR) is 128 cm³/mol. The highest BCUT2D eigenvalue weighted by molar-refractivity contribution is 7.98. The molecule has 0 heterocycles. The van der Waals surface area contributed by atoms with Crippen LogP contribution in [0.3, 0.4) is 0 Å². The maximum Gasteiger partial charge on any atom is 0.416 e. The van der Waals surface area contributed by atoms with Crippen molar-refractivity contribution in [1.82, 2.24) is 5.32 Å². The number of hydrogen-bond acceptors (Lipinski definition) is 4. The number of nitrogens with zero attached hydrogens (tertiary/aromatic N) is 1. The van der Waals surface area contributed by atoms with Crippen molar-refractivity contribution in [1.29, 1.82) is 0 Å². The molecule has 0 aromatic heterocycles. The number of anilines is 1. The van der Waals surface area contributed by atoms with Crippen LogP contribution in [0.5, 0.6) is 0 Å². The minimum Gasteiger partial charge on any atom is -0.354 e. The van der Waals surface area contributed by atoms with Crippen LogP contribution in [0.4, 0.5) is 23.2 Å². The number of hydrogen-bond donors (Lipinski definition) is 1. The predicted octanol–water partition coefficient (Wildman–Crippen LogP) is 5.09. The Morgan fingerprint density at radius 1 is 0.943 bits per heavy atom. The second-order valence-corrected chi connectivity index (χ2v) is 10.3. The lowest BCUT2D eigenvalue weighted by atomic mass is 10.2. The molecule has 0 radical (unpaired) electrons. The van der Waals surface area contributed by atoms with Crippen LogP contribution in [-0.4, -0.2) is 33.2 Å². The summed E-state index contributed by atoms with van der Waals surface area (Å²) in [5.74, 6) is -0.198. The molecule has 0 aliphatic heterocycles. The molecule has 11 heteroatoms. The van der Waals surface area contributed by atoms with Gasteiger partial charge in [-0.15, -0.1) is 0 Å². The van der Waals surface area contributed by atoms with E-state index in [0.717, 1.165) is 12.1 Å². The molecule has 0 unspecified atom stereocenters. The van der Waals surface area contributed by atoms with E-state index in [1.54, 1.807) is 24.3 Å². The van der Waals surface area contributed by atoms with Gasteiger partial charge < -0.3 is 5.32 Å². The lowest BCUT2D eigenvalue weighted by molar-refractivity contribution is -0.137. The Morgan fingerprint density at radius 3 is 2.31 bits per heavy atom. The highest BCUT2D eigenvalue weighted by Crippen LogP contribution is 2.33. The Morgan fingerprint density at radius 2 is 1.63 bits per heavy atom. The van der Waals surface area contributed by atoms with Gasteiger partial charge in [0.1, 0.15) is 12.4 Å². The number of thioether (sulfide) groups is 1. The molecule has 1 N–H and O–H groups in total. The van der Waals surface area contributed by atoms with Crippen LogP contribution in [-0.2, 0) is 26.7 Å². The SMILES string of the molecule is O=C(CN(c1cccc(C(F)(F)F)c1)S(=O)(=O)c1ccccc1)NCCSCc1ccccc1F. The fourth-order valence-electron chi connectivity index (χ4n) is 3.12. The van der Waals surface area contributed by atoms with Crippen LogP contribution < -0.4 is 9.62 Å². The van der Waals surface area contributed by atoms with E-state index in [1.165, 1.54) is 48.2 Å². The first-order valence-corrected chi connectivity index (χ1v) is 13.0. The number of alkyl halides is 3. The van der Waals surface area contributed by atoms with E-state index >= 15 is 0 Å². The summed E-state index contributed by atoms with van der Waals surface area (Å²) in [4.78, 5) is 12.4. The summed E-state index contributed by atoms with van der Waals surface area (Å²) in [5.41, 5.74) is -0.797. The third-order valence-corrected chi connectivity index (χ3v) is 7.66.